The Kier molecular flexibility index (Phi) is 6.20. The van der Waals surface area contributed by atoms with Crippen molar-refractivity contribution in [2.75, 3.05) is 13.7 Å². The summed E-state index contributed by atoms with van der Waals surface area (Å²) in [5.41, 5.74) is 1.20. The lowest BCUT2D eigenvalue weighted by atomic mass is 10.2. The van der Waals surface area contributed by atoms with Gasteiger partial charge in [0.25, 0.3) is 0 Å². The molecule has 0 spiro atoms. The second-order valence-electron chi connectivity index (χ2n) is 4.65. The number of thioether (sulfide) groups is 1. The number of carbonyl (C=O) groups excluding carboxylic acids is 1. The summed E-state index contributed by atoms with van der Waals surface area (Å²) >= 11 is 1.63. The molecule has 0 saturated heterocycles. The molecule has 2 rings (SSSR count). The van der Waals surface area contributed by atoms with Gasteiger partial charge in [0.15, 0.2) is 0 Å². The molecule has 0 heterocycles. The van der Waals surface area contributed by atoms with Crippen molar-refractivity contribution in [3.63, 3.8) is 0 Å². The SMILES string of the molecule is COC(=O)CNS(=O)(=O)c1ccc(SCc2ccccc2)cc1. The van der Waals surface area contributed by atoms with E-state index >= 15 is 0 Å². The van der Waals surface area contributed by atoms with Gasteiger partial charge in [0, 0.05) is 10.6 Å². The summed E-state index contributed by atoms with van der Waals surface area (Å²) in [7, 11) is -2.51. The summed E-state index contributed by atoms with van der Waals surface area (Å²) in [5.74, 6) is 0.177. The van der Waals surface area contributed by atoms with Gasteiger partial charge in [0.1, 0.15) is 6.54 Å². The molecule has 0 amide bonds. The summed E-state index contributed by atoms with van der Waals surface area (Å²) in [4.78, 5) is 12.1. The fourth-order valence-electron chi connectivity index (χ4n) is 1.77. The fraction of sp³-hybridized carbons (Fsp3) is 0.188. The molecule has 0 aliphatic carbocycles. The van der Waals surface area contributed by atoms with Crippen molar-refractivity contribution in [2.24, 2.45) is 0 Å². The molecule has 1 N–H and O–H groups in total. The van der Waals surface area contributed by atoms with Crippen molar-refractivity contribution in [3.8, 4) is 0 Å². The van der Waals surface area contributed by atoms with Crippen LogP contribution < -0.4 is 4.72 Å². The van der Waals surface area contributed by atoms with Gasteiger partial charge < -0.3 is 4.74 Å². The Labute approximate surface area is 140 Å². The number of esters is 1. The molecule has 0 fully saturated rings. The Morgan fingerprint density at radius 3 is 2.35 bits per heavy atom. The van der Waals surface area contributed by atoms with Gasteiger partial charge in [-0.25, -0.2) is 8.42 Å². The molecule has 23 heavy (non-hydrogen) atoms. The first kappa shape index (κ1) is 17.5. The maximum absolute atomic E-state index is 12.0. The molecule has 0 aromatic heterocycles. The Morgan fingerprint density at radius 2 is 1.74 bits per heavy atom. The van der Waals surface area contributed by atoms with Crippen LogP contribution in [0.5, 0.6) is 0 Å². The number of sulfonamides is 1. The van der Waals surface area contributed by atoms with E-state index in [1.807, 2.05) is 30.3 Å². The maximum Gasteiger partial charge on any atom is 0.320 e. The molecule has 2 aromatic carbocycles. The quantitative estimate of drug-likeness (QED) is 0.613. The van der Waals surface area contributed by atoms with Gasteiger partial charge in [-0.2, -0.15) is 4.72 Å². The van der Waals surface area contributed by atoms with E-state index in [-0.39, 0.29) is 11.4 Å². The van der Waals surface area contributed by atoms with E-state index in [2.05, 4.69) is 9.46 Å². The Hall–Kier alpha value is -1.83. The first-order valence-corrected chi connectivity index (χ1v) is 9.31. The minimum absolute atomic E-state index is 0.116. The Morgan fingerprint density at radius 1 is 1.09 bits per heavy atom. The molecule has 0 unspecified atom stereocenters. The van der Waals surface area contributed by atoms with E-state index in [1.165, 1.54) is 24.8 Å². The van der Waals surface area contributed by atoms with Crippen molar-refractivity contribution < 1.29 is 17.9 Å². The van der Waals surface area contributed by atoms with Gasteiger partial charge in [-0.05, 0) is 29.8 Å². The molecule has 0 aliphatic rings. The predicted molar refractivity (Wildman–Crippen MR) is 89.6 cm³/mol. The lowest BCUT2D eigenvalue weighted by molar-refractivity contribution is -0.139. The minimum atomic E-state index is -3.71. The zero-order valence-corrected chi connectivity index (χ0v) is 14.2. The van der Waals surface area contributed by atoms with Gasteiger partial charge in [0.2, 0.25) is 10.0 Å². The molecule has 0 aliphatic heterocycles. The van der Waals surface area contributed by atoms with Gasteiger partial charge in [-0.3, -0.25) is 4.79 Å². The summed E-state index contributed by atoms with van der Waals surface area (Å²) in [6, 6.07) is 16.6. The summed E-state index contributed by atoms with van der Waals surface area (Å²) in [5, 5.41) is 0. The molecule has 0 atom stereocenters. The van der Waals surface area contributed by atoms with Gasteiger partial charge in [-0.15, -0.1) is 11.8 Å². The van der Waals surface area contributed by atoms with Crippen molar-refractivity contribution in [2.45, 2.75) is 15.5 Å². The molecule has 0 radical (unpaired) electrons. The zero-order chi connectivity index (χ0) is 16.7. The van der Waals surface area contributed by atoms with Crippen LogP contribution in [0, 0.1) is 0 Å². The number of hydrogen-bond donors (Lipinski definition) is 1. The van der Waals surface area contributed by atoms with Gasteiger partial charge in [-0.1, -0.05) is 30.3 Å². The smallest absolute Gasteiger partial charge is 0.320 e. The molecule has 0 bridgehead atoms. The number of carbonyl (C=O) groups is 1. The molecule has 5 nitrogen and oxygen atoms in total. The first-order chi connectivity index (χ1) is 11.0. The normalized spacial score (nSPS) is 11.2. The first-order valence-electron chi connectivity index (χ1n) is 6.84. The summed E-state index contributed by atoms with van der Waals surface area (Å²) in [6.45, 7) is -0.386. The highest BCUT2D eigenvalue weighted by Gasteiger charge is 2.15. The largest absolute Gasteiger partial charge is 0.468 e. The second-order valence-corrected chi connectivity index (χ2v) is 7.46. The van der Waals surface area contributed by atoms with E-state index in [1.54, 1.807) is 23.9 Å². The maximum atomic E-state index is 12.0. The van der Waals surface area contributed by atoms with Crippen LogP contribution >= 0.6 is 11.8 Å². The van der Waals surface area contributed by atoms with E-state index < -0.39 is 16.0 Å². The number of ether oxygens (including phenoxy) is 1. The summed E-state index contributed by atoms with van der Waals surface area (Å²) < 4.78 is 30.6. The molecule has 0 saturated carbocycles. The Bertz CT molecular complexity index is 743. The minimum Gasteiger partial charge on any atom is -0.468 e. The van der Waals surface area contributed by atoms with Crippen LogP contribution in [0.1, 0.15) is 5.56 Å². The van der Waals surface area contributed by atoms with Crippen LogP contribution in [0.4, 0.5) is 0 Å². The van der Waals surface area contributed by atoms with Crippen molar-refractivity contribution >= 4 is 27.8 Å². The van der Waals surface area contributed by atoms with E-state index in [0.29, 0.717) is 0 Å². The van der Waals surface area contributed by atoms with Crippen LogP contribution in [0.15, 0.2) is 64.4 Å². The summed E-state index contributed by atoms with van der Waals surface area (Å²) in [6.07, 6.45) is 0. The average molecular weight is 351 g/mol. The highest BCUT2D eigenvalue weighted by atomic mass is 32.2. The third-order valence-electron chi connectivity index (χ3n) is 3.02. The van der Waals surface area contributed by atoms with Crippen molar-refractivity contribution in [1.82, 2.24) is 4.72 Å². The van der Waals surface area contributed by atoms with Crippen molar-refractivity contribution in [1.29, 1.82) is 0 Å². The Balaban J connectivity index is 1.97. The lowest BCUT2D eigenvalue weighted by Gasteiger charge is -2.07. The van der Waals surface area contributed by atoms with Gasteiger partial charge in [0.05, 0.1) is 12.0 Å². The number of benzene rings is 2. The topological polar surface area (TPSA) is 72.5 Å². The van der Waals surface area contributed by atoms with E-state index in [4.69, 9.17) is 0 Å². The predicted octanol–water partition coefficient (Wildman–Crippen LogP) is 2.43. The molecule has 122 valence electrons. The van der Waals surface area contributed by atoms with E-state index in [9.17, 15) is 13.2 Å². The monoisotopic (exact) mass is 351 g/mol. The molecule has 2 aromatic rings. The highest BCUT2D eigenvalue weighted by molar-refractivity contribution is 7.98. The van der Waals surface area contributed by atoms with E-state index in [0.717, 1.165) is 10.6 Å². The number of rotatable bonds is 7. The molecule has 7 heteroatoms. The molecular formula is C16H17NO4S2. The second kappa shape index (κ2) is 8.14. The van der Waals surface area contributed by atoms with Crippen LogP contribution in [-0.2, 0) is 25.3 Å². The number of hydrogen-bond acceptors (Lipinski definition) is 5. The standard InChI is InChI=1S/C16H17NO4S2/c1-21-16(18)11-17-23(19,20)15-9-7-14(8-10-15)22-12-13-5-3-2-4-6-13/h2-10,17H,11-12H2,1H3. The van der Waals surface area contributed by atoms with Crippen LogP contribution in [0.25, 0.3) is 0 Å². The number of methoxy groups -OCH3 is 1. The van der Waals surface area contributed by atoms with Crippen LogP contribution in [-0.4, -0.2) is 28.0 Å². The number of nitrogens with one attached hydrogen (secondary N) is 1. The van der Waals surface area contributed by atoms with Crippen LogP contribution in [0.3, 0.4) is 0 Å². The third-order valence-corrected chi connectivity index (χ3v) is 5.52. The fourth-order valence-corrected chi connectivity index (χ4v) is 3.59. The van der Waals surface area contributed by atoms with Crippen LogP contribution in [0.2, 0.25) is 0 Å². The highest BCUT2D eigenvalue weighted by Crippen LogP contribution is 2.24. The lowest BCUT2D eigenvalue weighted by Crippen LogP contribution is -2.30. The van der Waals surface area contributed by atoms with Gasteiger partial charge >= 0.3 is 5.97 Å². The average Bonchev–Trinajstić information content (AvgIpc) is 2.59. The zero-order valence-electron chi connectivity index (χ0n) is 12.6. The van der Waals surface area contributed by atoms with Crippen molar-refractivity contribution in [3.05, 3.63) is 60.2 Å². The molecular weight excluding hydrogens is 334 g/mol. The third kappa shape index (κ3) is 5.38.